The van der Waals surface area contributed by atoms with Crippen molar-refractivity contribution in [2.45, 2.75) is 12.8 Å². The highest BCUT2D eigenvalue weighted by Crippen LogP contribution is 2.23. The predicted molar refractivity (Wildman–Crippen MR) is 78.6 cm³/mol. The standard InChI is InChI=1S/C16H15NO4/c1-10(11-5-3-2-4-6-11)15(19)17-12-7-8-13(16(20)21)14(18)9-12/h2-10,18H,1H3,(H,17,19)(H,20,21). The average molecular weight is 285 g/mol. The Labute approximate surface area is 121 Å². The summed E-state index contributed by atoms with van der Waals surface area (Å²) in [5, 5.41) is 21.1. The molecule has 0 aromatic heterocycles. The molecule has 0 aliphatic rings. The third-order valence-electron chi connectivity index (χ3n) is 3.19. The lowest BCUT2D eigenvalue weighted by molar-refractivity contribution is -0.117. The van der Waals surface area contributed by atoms with Crippen LogP contribution in [0, 0.1) is 0 Å². The van der Waals surface area contributed by atoms with Crippen molar-refractivity contribution in [3.63, 3.8) is 0 Å². The van der Waals surface area contributed by atoms with Gasteiger partial charge in [-0.2, -0.15) is 0 Å². The molecule has 0 aliphatic heterocycles. The summed E-state index contributed by atoms with van der Waals surface area (Å²) in [4.78, 5) is 22.9. The van der Waals surface area contributed by atoms with Crippen LogP contribution in [-0.4, -0.2) is 22.1 Å². The lowest BCUT2D eigenvalue weighted by Crippen LogP contribution is -2.18. The molecule has 2 aromatic carbocycles. The Hall–Kier alpha value is -2.82. The van der Waals surface area contributed by atoms with Gasteiger partial charge in [-0.1, -0.05) is 30.3 Å². The van der Waals surface area contributed by atoms with E-state index in [9.17, 15) is 14.7 Å². The van der Waals surface area contributed by atoms with Crippen molar-refractivity contribution >= 4 is 17.6 Å². The van der Waals surface area contributed by atoms with Crippen LogP contribution in [0.1, 0.15) is 28.8 Å². The van der Waals surface area contributed by atoms with E-state index in [2.05, 4.69) is 5.32 Å². The van der Waals surface area contributed by atoms with Gasteiger partial charge >= 0.3 is 5.97 Å². The zero-order valence-electron chi connectivity index (χ0n) is 11.4. The molecule has 5 heteroatoms. The maximum Gasteiger partial charge on any atom is 0.339 e. The normalized spacial score (nSPS) is 11.7. The van der Waals surface area contributed by atoms with E-state index in [1.54, 1.807) is 6.92 Å². The molecule has 1 unspecified atom stereocenters. The summed E-state index contributed by atoms with van der Waals surface area (Å²) in [6.07, 6.45) is 0. The van der Waals surface area contributed by atoms with Crippen LogP contribution in [0.25, 0.3) is 0 Å². The monoisotopic (exact) mass is 285 g/mol. The molecule has 0 aliphatic carbocycles. The second-order valence-electron chi connectivity index (χ2n) is 4.66. The number of amides is 1. The van der Waals surface area contributed by atoms with Crippen molar-refractivity contribution in [3.8, 4) is 5.75 Å². The molecule has 21 heavy (non-hydrogen) atoms. The fraction of sp³-hybridized carbons (Fsp3) is 0.125. The van der Waals surface area contributed by atoms with Gasteiger partial charge in [0.15, 0.2) is 0 Å². The lowest BCUT2D eigenvalue weighted by atomic mass is 10.0. The average Bonchev–Trinajstić information content (AvgIpc) is 2.47. The highest BCUT2D eigenvalue weighted by atomic mass is 16.4. The fourth-order valence-electron chi connectivity index (χ4n) is 1.93. The first kappa shape index (κ1) is 14.6. The molecule has 3 N–H and O–H groups in total. The van der Waals surface area contributed by atoms with Crippen molar-refractivity contribution in [1.29, 1.82) is 0 Å². The summed E-state index contributed by atoms with van der Waals surface area (Å²) in [6, 6.07) is 13.2. The first-order valence-electron chi connectivity index (χ1n) is 6.41. The minimum atomic E-state index is -1.22. The zero-order chi connectivity index (χ0) is 15.4. The Bertz CT molecular complexity index is 667. The Balaban J connectivity index is 2.13. The minimum absolute atomic E-state index is 0.205. The van der Waals surface area contributed by atoms with Crippen LogP contribution in [0.3, 0.4) is 0 Å². The number of anilines is 1. The Morgan fingerprint density at radius 1 is 1.10 bits per heavy atom. The molecule has 0 saturated carbocycles. The second kappa shape index (κ2) is 6.09. The SMILES string of the molecule is CC(C(=O)Nc1ccc(C(=O)O)c(O)c1)c1ccccc1. The molecule has 0 bridgehead atoms. The second-order valence-corrected chi connectivity index (χ2v) is 4.66. The molecule has 108 valence electrons. The molecule has 5 nitrogen and oxygen atoms in total. The summed E-state index contributed by atoms with van der Waals surface area (Å²) in [5.74, 6) is -2.19. The third kappa shape index (κ3) is 3.39. The number of phenols is 1. The number of aromatic carboxylic acids is 1. The topological polar surface area (TPSA) is 86.6 Å². The van der Waals surface area contributed by atoms with Crippen molar-refractivity contribution in [2.75, 3.05) is 5.32 Å². The number of carbonyl (C=O) groups excluding carboxylic acids is 1. The number of carboxylic acids is 1. The lowest BCUT2D eigenvalue weighted by Gasteiger charge is -2.13. The van der Waals surface area contributed by atoms with Gasteiger partial charge in [-0.25, -0.2) is 4.79 Å². The summed E-state index contributed by atoms with van der Waals surface area (Å²) < 4.78 is 0. The maximum atomic E-state index is 12.1. The molecule has 0 radical (unpaired) electrons. The van der Waals surface area contributed by atoms with E-state index in [1.165, 1.54) is 18.2 Å². The number of nitrogens with one attached hydrogen (secondary N) is 1. The molecule has 0 spiro atoms. The highest BCUT2D eigenvalue weighted by molar-refractivity contribution is 5.97. The van der Waals surface area contributed by atoms with Crippen molar-refractivity contribution in [3.05, 3.63) is 59.7 Å². The maximum absolute atomic E-state index is 12.1. The van der Waals surface area contributed by atoms with Gasteiger partial charge in [0, 0.05) is 11.8 Å². The first-order valence-corrected chi connectivity index (χ1v) is 6.41. The van der Waals surface area contributed by atoms with Crippen molar-refractivity contribution < 1.29 is 19.8 Å². The number of hydrogen-bond acceptors (Lipinski definition) is 3. The Morgan fingerprint density at radius 3 is 2.33 bits per heavy atom. The van der Waals surface area contributed by atoms with Gasteiger partial charge in [0.1, 0.15) is 11.3 Å². The van der Waals surface area contributed by atoms with Crippen molar-refractivity contribution in [1.82, 2.24) is 0 Å². The van der Waals surface area contributed by atoms with Gasteiger partial charge in [-0.3, -0.25) is 4.79 Å². The number of carboxylic acid groups (broad SMARTS) is 1. The number of carbonyl (C=O) groups is 2. The van der Waals surface area contributed by atoms with Crippen molar-refractivity contribution in [2.24, 2.45) is 0 Å². The summed E-state index contributed by atoms with van der Waals surface area (Å²) in [7, 11) is 0. The van der Waals surface area contributed by atoms with E-state index in [4.69, 9.17) is 5.11 Å². The number of aromatic hydroxyl groups is 1. The molecular formula is C16H15NO4. The predicted octanol–water partition coefficient (Wildman–Crippen LogP) is 2.83. The van der Waals surface area contributed by atoms with E-state index in [1.807, 2.05) is 30.3 Å². The van der Waals surface area contributed by atoms with Crippen LogP contribution < -0.4 is 5.32 Å². The minimum Gasteiger partial charge on any atom is -0.507 e. The number of hydrogen-bond donors (Lipinski definition) is 3. The molecule has 0 fully saturated rings. The smallest absolute Gasteiger partial charge is 0.339 e. The van der Waals surface area contributed by atoms with Gasteiger partial charge in [0.25, 0.3) is 0 Å². The Morgan fingerprint density at radius 2 is 1.76 bits per heavy atom. The first-order chi connectivity index (χ1) is 9.99. The molecule has 2 rings (SSSR count). The largest absolute Gasteiger partial charge is 0.507 e. The fourth-order valence-corrected chi connectivity index (χ4v) is 1.93. The molecule has 0 saturated heterocycles. The number of benzene rings is 2. The Kier molecular flexibility index (Phi) is 4.23. The molecule has 1 atom stereocenters. The van der Waals surface area contributed by atoms with Gasteiger partial charge in [0.05, 0.1) is 5.92 Å². The summed E-state index contributed by atoms with van der Waals surface area (Å²) in [5.41, 5.74) is 1.02. The van der Waals surface area contributed by atoms with Gasteiger partial charge in [0.2, 0.25) is 5.91 Å². The van der Waals surface area contributed by atoms with Crippen LogP contribution in [0.5, 0.6) is 5.75 Å². The number of rotatable bonds is 4. The van der Waals surface area contributed by atoms with E-state index < -0.39 is 5.97 Å². The van der Waals surface area contributed by atoms with E-state index >= 15 is 0 Å². The zero-order valence-corrected chi connectivity index (χ0v) is 11.4. The van der Waals surface area contributed by atoms with E-state index in [0.29, 0.717) is 5.69 Å². The van der Waals surface area contributed by atoms with Gasteiger partial charge in [-0.15, -0.1) is 0 Å². The van der Waals surface area contributed by atoms with Gasteiger partial charge in [-0.05, 0) is 24.6 Å². The molecule has 0 heterocycles. The quantitative estimate of drug-likeness (QED) is 0.806. The van der Waals surface area contributed by atoms with Crippen LogP contribution in [0.4, 0.5) is 5.69 Å². The third-order valence-corrected chi connectivity index (χ3v) is 3.19. The van der Waals surface area contributed by atoms with Crippen LogP contribution in [-0.2, 0) is 4.79 Å². The van der Waals surface area contributed by atoms with E-state index in [0.717, 1.165) is 5.56 Å². The summed E-state index contributed by atoms with van der Waals surface area (Å²) in [6.45, 7) is 1.77. The van der Waals surface area contributed by atoms with Crippen LogP contribution in [0.2, 0.25) is 0 Å². The van der Waals surface area contributed by atoms with E-state index in [-0.39, 0.29) is 23.1 Å². The van der Waals surface area contributed by atoms with Crippen LogP contribution >= 0.6 is 0 Å². The summed E-state index contributed by atoms with van der Waals surface area (Å²) >= 11 is 0. The van der Waals surface area contributed by atoms with Gasteiger partial charge < -0.3 is 15.5 Å². The molecule has 2 aromatic rings. The molecule has 1 amide bonds. The van der Waals surface area contributed by atoms with Crippen LogP contribution in [0.15, 0.2) is 48.5 Å². The molecular weight excluding hydrogens is 270 g/mol. The highest BCUT2D eigenvalue weighted by Gasteiger charge is 2.16.